The Morgan fingerprint density at radius 2 is 1.80 bits per heavy atom. The Labute approximate surface area is 115 Å². The van der Waals surface area contributed by atoms with E-state index in [1.54, 1.807) is 30.5 Å². The first-order valence-corrected chi connectivity index (χ1v) is 6.09. The van der Waals surface area contributed by atoms with Crippen LogP contribution in [-0.4, -0.2) is 17.3 Å². The summed E-state index contributed by atoms with van der Waals surface area (Å²) in [6.45, 7) is 0. The summed E-state index contributed by atoms with van der Waals surface area (Å²) in [5.74, 6) is -0.229. The zero-order valence-electron chi connectivity index (χ0n) is 10.5. The molecule has 1 aliphatic heterocycles. The molecule has 1 aliphatic rings. The molecule has 0 radical (unpaired) electrons. The average Bonchev–Trinajstić information content (AvgIpc) is 2.71. The number of rotatable bonds is 2. The summed E-state index contributed by atoms with van der Waals surface area (Å²) in [5, 5.41) is 12.7. The predicted octanol–water partition coefficient (Wildman–Crippen LogP) is 3.44. The smallest absolute Gasteiger partial charge is 0.335 e. The molecular weight excluding hydrogens is 254 g/mol. The lowest BCUT2D eigenvalue weighted by atomic mass is 10.0. The number of carboxylic acid groups (broad SMARTS) is 1. The predicted molar refractivity (Wildman–Crippen MR) is 77.0 cm³/mol. The van der Waals surface area contributed by atoms with Crippen LogP contribution in [-0.2, 0) is 0 Å². The van der Waals surface area contributed by atoms with E-state index in [9.17, 15) is 4.79 Å². The van der Waals surface area contributed by atoms with E-state index in [1.807, 2.05) is 30.4 Å². The molecule has 2 aromatic carbocycles. The van der Waals surface area contributed by atoms with Crippen molar-refractivity contribution in [3.05, 3.63) is 59.7 Å². The van der Waals surface area contributed by atoms with Crippen LogP contribution in [0, 0.1) is 0 Å². The summed E-state index contributed by atoms with van der Waals surface area (Å²) in [5.41, 5.74) is 3.16. The molecule has 0 aromatic heterocycles. The summed E-state index contributed by atoms with van der Waals surface area (Å²) in [6, 6.07) is 12.5. The Kier molecular flexibility index (Phi) is 3.05. The van der Waals surface area contributed by atoms with Crippen LogP contribution in [0.3, 0.4) is 0 Å². The van der Waals surface area contributed by atoms with Crippen LogP contribution >= 0.6 is 0 Å². The van der Waals surface area contributed by atoms with Gasteiger partial charge in [0.25, 0.3) is 0 Å². The number of nitrogens with zero attached hydrogens (tertiary/aromatic N) is 1. The average molecular weight is 265 g/mol. The summed E-state index contributed by atoms with van der Waals surface area (Å²) < 4.78 is 0. The molecule has 2 aromatic rings. The van der Waals surface area contributed by atoms with Crippen LogP contribution in [0.1, 0.15) is 15.9 Å². The highest BCUT2D eigenvalue weighted by Crippen LogP contribution is 2.28. The second kappa shape index (κ2) is 5.01. The van der Waals surface area contributed by atoms with Gasteiger partial charge in [-0.1, -0.05) is 23.4 Å². The van der Waals surface area contributed by atoms with Crippen molar-refractivity contribution in [3.8, 4) is 16.9 Å². The number of fused-ring (bicyclic) bond motifs is 1. The van der Waals surface area contributed by atoms with Crippen molar-refractivity contribution in [2.75, 3.05) is 0 Å². The number of oxime groups is 1. The molecule has 0 unspecified atom stereocenters. The van der Waals surface area contributed by atoms with E-state index in [4.69, 9.17) is 9.94 Å². The van der Waals surface area contributed by atoms with Crippen LogP contribution in [0.4, 0.5) is 0 Å². The van der Waals surface area contributed by atoms with Gasteiger partial charge in [0.1, 0.15) is 0 Å². The van der Waals surface area contributed by atoms with E-state index in [1.165, 1.54) is 0 Å². The van der Waals surface area contributed by atoms with Gasteiger partial charge in [0.05, 0.1) is 11.8 Å². The van der Waals surface area contributed by atoms with Crippen molar-refractivity contribution < 1.29 is 14.7 Å². The third-order valence-corrected chi connectivity index (χ3v) is 3.05. The Balaban J connectivity index is 1.98. The van der Waals surface area contributed by atoms with Gasteiger partial charge in [-0.05, 0) is 47.5 Å². The maximum atomic E-state index is 10.8. The molecule has 0 amide bonds. The third-order valence-electron chi connectivity index (χ3n) is 3.05. The topological polar surface area (TPSA) is 58.9 Å². The minimum atomic E-state index is -0.924. The molecule has 0 fully saturated rings. The van der Waals surface area contributed by atoms with Crippen molar-refractivity contribution in [1.29, 1.82) is 0 Å². The third kappa shape index (κ3) is 2.31. The second-order valence-electron chi connectivity index (χ2n) is 4.34. The largest absolute Gasteiger partial charge is 0.478 e. The normalized spacial score (nSPS) is 12.4. The van der Waals surface area contributed by atoms with Crippen LogP contribution in [0.2, 0.25) is 0 Å². The Morgan fingerprint density at radius 3 is 2.55 bits per heavy atom. The molecule has 0 saturated carbocycles. The fraction of sp³-hybridized carbons (Fsp3) is 0. The highest BCUT2D eigenvalue weighted by atomic mass is 16.6. The van der Waals surface area contributed by atoms with Gasteiger partial charge in [-0.2, -0.15) is 0 Å². The fourth-order valence-corrected chi connectivity index (χ4v) is 2.02. The monoisotopic (exact) mass is 265 g/mol. The minimum Gasteiger partial charge on any atom is -0.478 e. The number of carboxylic acids is 1. The van der Waals surface area contributed by atoms with Gasteiger partial charge in [0, 0.05) is 5.56 Å². The summed E-state index contributed by atoms with van der Waals surface area (Å²) in [6.07, 6.45) is 5.31. The molecule has 1 N–H and O–H groups in total. The molecule has 0 bridgehead atoms. The molecule has 0 atom stereocenters. The quantitative estimate of drug-likeness (QED) is 0.904. The molecule has 98 valence electrons. The number of allylic oxidation sites excluding steroid dienone is 1. The minimum absolute atomic E-state index is 0.278. The first-order chi connectivity index (χ1) is 9.74. The van der Waals surface area contributed by atoms with E-state index in [0.717, 1.165) is 16.7 Å². The van der Waals surface area contributed by atoms with Crippen molar-refractivity contribution in [3.63, 3.8) is 0 Å². The van der Waals surface area contributed by atoms with Gasteiger partial charge >= 0.3 is 5.97 Å². The Hall–Kier alpha value is -2.88. The highest BCUT2D eigenvalue weighted by Gasteiger charge is 2.07. The van der Waals surface area contributed by atoms with Gasteiger partial charge in [-0.15, -0.1) is 0 Å². The van der Waals surface area contributed by atoms with Crippen molar-refractivity contribution in [1.82, 2.24) is 0 Å². The second-order valence-corrected chi connectivity index (χ2v) is 4.34. The Bertz CT molecular complexity index is 715. The fourth-order valence-electron chi connectivity index (χ4n) is 2.02. The maximum absolute atomic E-state index is 10.8. The van der Waals surface area contributed by atoms with Gasteiger partial charge in [-0.3, -0.25) is 0 Å². The number of hydrogen-bond donors (Lipinski definition) is 1. The molecule has 20 heavy (non-hydrogen) atoms. The molecule has 0 saturated heterocycles. The van der Waals surface area contributed by atoms with E-state index in [-0.39, 0.29) is 5.56 Å². The van der Waals surface area contributed by atoms with Crippen molar-refractivity contribution in [2.24, 2.45) is 5.16 Å². The zero-order valence-corrected chi connectivity index (χ0v) is 10.5. The van der Waals surface area contributed by atoms with Crippen molar-refractivity contribution in [2.45, 2.75) is 0 Å². The number of carbonyl (C=O) groups is 1. The summed E-state index contributed by atoms with van der Waals surface area (Å²) in [7, 11) is 0. The molecule has 4 heteroatoms. The number of benzene rings is 2. The molecule has 4 nitrogen and oxygen atoms in total. The van der Waals surface area contributed by atoms with Gasteiger partial charge < -0.3 is 9.94 Å². The highest BCUT2D eigenvalue weighted by molar-refractivity contribution is 5.88. The van der Waals surface area contributed by atoms with Crippen molar-refractivity contribution >= 4 is 18.3 Å². The maximum Gasteiger partial charge on any atom is 0.335 e. The van der Waals surface area contributed by atoms with E-state index in [0.29, 0.717) is 5.75 Å². The molecule has 0 aliphatic carbocycles. The van der Waals surface area contributed by atoms with E-state index in [2.05, 4.69) is 5.16 Å². The van der Waals surface area contributed by atoms with E-state index >= 15 is 0 Å². The molecular formula is C16H11NO3. The van der Waals surface area contributed by atoms with Crippen LogP contribution < -0.4 is 4.84 Å². The van der Waals surface area contributed by atoms with Crippen LogP contribution in [0.5, 0.6) is 5.75 Å². The molecule has 3 rings (SSSR count). The standard InChI is InChI=1S/C16H11NO3/c18-16(19)12-5-3-11(4-6-12)13-7-8-15-14(10-13)2-1-9-17-20-15/h1-10H,(H,18,19). The van der Waals surface area contributed by atoms with Gasteiger partial charge in [0.15, 0.2) is 5.75 Å². The molecule has 0 spiro atoms. The van der Waals surface area contributed by atoms with Crippen LogP contribution in [0.25, 0.3) is 17.2 Å². The lowest BCUT2D eigenvalue weighted by Gasteiger charge is -2.07. The zero-order chi connectivity index (χ0) is 13.9. The van der Waals surface area contributed by atoms with Crippen LogP contribution in [0.15, 0.2) is 53.7 Å². The Morgan fingerprint density at radius 1 is 1.05 bits per heavy atom. The first-order valence-electron chi connectivity index (χ1n) is 6.09. The number of hydrogen-bond acceptors (Lipinski definition) is 3. The van der Waals surface area contributed by atoms with E-state index < -0.39 is 5.97 Å². The molecule has 1 heterocycles. The lowest BCUT2D eigenvalue weighted by molar-refractivity contribution is 0.0697. The first kappa shape index (κ1) is 12.2. The summed E-state index contributed by atoms with van der Waals surface area (Å²) >= 11 is 0. The lowest BCUT2D eigenvalue weighted by Crippen LogP contribution is -1.95. The number of aromatic carboxylic acids is 1. The van der Waals surface area contributed by atoms with Gasteiger partial charge in [-0.25, -0.2) is 4.79 Å². The summed E-state index contributed by atoms with van der Waals surface area (Å²) in [4.78, 5) is 16.1. The van der Waals surface area contributed by atoms with Gasteiger partial charge in [0.2, 0.25) is 0 Å². The SMILES string of the molecule is O=C(O)c1ccc(-c2ccc3c(c2)C=CC=NO3)cc1.